The maximum Gasteiger partial charge on any atom is 0.108 e. The average molecular weight is 267 g/mol. The van der Waals surface area contributed by atoms with Gasteiger partial charge in [0.15, 0.2) is 0 Å². The molecule has 0 amide bonds. The second kappa shape index (κ2) is 4.78. The summed E-state index contributed by atoms with van der Waals surface area (Å²) in [5, 5.41) is 3.88. The highest BCUT2D eigenvalue weighted by Crippen LogP contribution is 2.37. The standard InChI is InChI=1S/C18H21NO/c1-12-5-6-13-7-8-17(15(13)11-12)19-16-3-2-4-18-14(16)9-10-20-18/h5-6,9-11,16-17,19H,2-4,7-8H2,1H3. The second-order valence-electron chi connectivity index (χ2n) is 6.20. The Morgan fingerprint density at radius 2 is 1.95 bits per heavy atom. The molecule has 1 aromatic heterocycles. The molecule has 2 atom stereocenters. The molecule has 0 aliphatic heterocycles. The lowest BCUT2D eigenvalue weighted by Crippen LogP contribution is -2.27. The van der Waals surface area contributed by atoms with Gasteiger partial charge in [-0.2, -0.15) is 0 Å². The fraction of sp³-hybridized carbons (Fsp3) is 0.444. The Morgan fingerprint density at radius 1 is 1.05 bits per heavy atom. The van der Waals surface area contributed by atoms with Gasteiger partial charge in [0, 0.05) is 24.1 Å². The fourth-order valence-electron chi connectivity index (χ4n) is 3.80. The van der Waals surface area contributed by atoms with Crippen molar-refractivity contribution in [3.8, 4) is 0 Å². The van der Waals surface area contributed by atoms with Crippen LogP contribution in [0.1, 0.15) is 59.4 Å². The third-order valence-corrected chi connectivity index (χ3v) is 4.83. The molecule has 2 aliphatic carbocycles. The highest BCUT2D eigenvalue weighted by atomic mass is 16.3. The molecular formula is C18H21NO. The lowest BCUT2D eigenvalue weighted by molar-refractivity contribution is 0.374. The summed E-state index contributed by atoms with van der Waals surface area (Å²) in [4.78, 5) is 0. The Morgan fingerprint density at radius 3 is 2.90 bits per heavy atom. The molecule has 0 radical (unpaired) electrons. The van der Waals surface area contributed by atoms with E-state index in [0.717, 1.165) is 6.42 Å². The first-order valence-corrected chi connectivity index (χ1v) is 7.73. The van der Waals surface area contributed by atoms with Crippen molar-refractivity contribution in [3.05, 3.63) is 58.5 Å². The normalized spacial score (nSPS) is 24.4. The van der Waals surface area contributed by atoms with Crippen molar-refractivity contribution in [2.45, 2.75) is 51.1 Å². The highest BCUT2D eigenvalue weighted by Gasteiger charge is 2.28. The van der Waals surface area contributed by atoms with E-state index in [1.54, 1.807) is 0 Å². The number of aryl methyl sites for hydroxylation is 3. The van der Waals surface area contributed by atoms with Gasteiger partial charge in [0.1, 0.15) is 5.76 Å². The van der Waals surface area contributed by atoms with E-state index in [9.17, 15) is 0 Å². The minimum absolute atomic E-state index is 0.467. The van der Waals surface area contributed by atoms with Crippen molar-refractivity contribution in [2.24, 2.45) is 0 Å². The lowest BCUT2D eigenvalue weighted by atomic mass is 9.92. The molecule has 0 spiro atoms. The van der Waals surface area contributed by atoms with Crippen molar-refractivity contribution in [1.29, 1.82) is 0 Å². The maximum atomic E-state index is 5.60. The number of furan rings is 1. The van der Waals surface area contributed by atoms with Crippen LogP contribution in [0.2, 0.25) is 0 Å². The minimum Gasteiger partial charge on any atom is -0.469 e. The zero-order chi connectivity index (χ0) is 13.5. The molecule has 1 aromatic carbocycles. The van der Waals surface area contributed by atoms with Crippen molar-refractivity contribution < 1.29 is 4.42 Å². The molecule has 2 unspecified atom stereocenters. The van der Waals surface area contributed by atoms with Crippen LogP contribution in [0.3, 0.4) is 0 Å². The van der Waals surface area contributed by atoms with Gasteiger partial charge in [-0.3, -0.25) is 0 Å². The minimum atomic E-state index is 0.467. The molecule has 1 N–H and O–H groups in total. The summed E-state index contributed by atoms with van der Waals surface area (Å²) < 4.78 is 5.60. The number of rotatable bonds is 2. The Balaban J connectivity index is 1.59. The summed E-state index contributed by atoms with van der Waals surface area (Å²) in [6.07, 6.45) is 7.83. The number of fused-ring (bicyclic) bond motifs is 2. The van der Waals surface area contributed by atoms with Gasteiger partial charge in [0.2, 0.25) is 0 Å². The van der Waals surface area contributed by atoms with Crippen LogP contribution in [-0.4, -0.2) is 0 Å². The van der Waals surface area contributed by atoms with Gasteiger partial charge in [-0.25, -0.2) is 0 Å². The molecule has 2 nitrogen and oxygen atoms in total. The molecule has 20 heavy (non-hydrogen) atoms. The first-order valence-electron chi connectivity index (χ1n) is 7.73. The molecule has 0 saturated heterocycles. The van der Waals surface area contributed by atoms with Crippen LogP contribution < -0.4 is 5.32 Å². The van der Waals surface area contributed by atoms with Crippen molar-refractivity contribution in [1.82, 2.24) is 5.32 Å². The predicted molar refractivity (Wildman–Crippen MR) is 79.8 cm³/mol. The van der Waals surface area contributed by atoms with Gasteiger partial charge < -0.3 is 9.73 Å². The molecular weight excluding hydrogens is 246 g/mol. The summed E-state index contributed by atoms with van der Waals surface area (Å²) in [6, 6.07) is 10.0. The smallest absolute Gasteiger partial charge is 0.108 e. The number of hydrogen-bond donors (Lipinski definition) is 1. The van der Waals surface area contributed by atoms with Gasteiger partial charge in [0.05, 0.1) is 6.26 Å². The Kier molecular flexibility index (Phi) is 2.92. The summed E-state index contributed by atoms with van der Waals surface area (Å²) >= 11 is 0. The largest absolute Gasteiger partial charge is 0.469 e. The Labute approximate surface area is 120 Å². The van der Waals surface area contributed by atoms with Crippen molar-refractivity contribution >= 4 is 0 Å². The van der Waals surface area contributed by atoms with E-state index in [4.69, 9.17) is 4.42 Å². The molecule has 0 saturated carbocycles. The Bertz CT molecular complexity index is 628. The van der Waals surface area contributed by atoms with Crippen LogP contribution in [0.15, 0.2) is 34.9 Å². The monoisotopic (exact) mass is 267 g/mol. The third-order valence-electron chi connectivity index (χ3n) is 4.83. The maximum absolute atomic E-state index is 5.60. The van der Waals surface area contributed by atoms with Crippen molar-refractivity contribution in [3.63, 3.8) is 0 Å². The third kappa shape index (κ3) is 1.99. The van der Waals surface area contributed by atoms with E-state index in [0.29, 0.717) is 12.1 Å². The summed E-state index contributed by atoms with van der Waals surface area (Å²) in [5.41, 5.74) is 5.79. The van der Waals surface area contributed by atoms with E-state index < -0.39 is 0 Å². The van der Waals surface area contributed by atoms with E-state index in [-0.39, 0.29) is 0 Å². The van der Waals surface area contributed by atoms with Crippen LogP contribution in [0.25, 0.3) is 0 Å². The second-order valence-corrected chi connectivity index (χ2v) is 6.20. The van der Waals surface area contributed by atoms with E-state index in [2.05, 4.69) is 36.5 Å². The van der Waals surface area contributed by atoms with Gasteiger partial charge in [-0.15, -0.1) is 0 Å². The first-order chi connectivity index (χ1) is 9.81. The van der Waals surface area contributed by atoms with Gasteiger partial charge >= 0.3 is 0 Å². The molecule has 4 rings (SSSR count). The topological polar surface area (TPSA) is 25.2 Å². The Hall–Kier alpha value is -1.54. The van der Waals surface area contributed by atoms with Crippen molar-refractivity contribution in [2.75, 3.05) is 0 Å². The van der Waals surface area contributed by atoms with E-state index in [1.165, 1.54) is 53.7 Å². The number of nitrogens with one attached hydrogen (secondary N) is 1. The van der Waals surface area contributed by atoms with Gasteiger partial charge in [-0.1, -0.05) is 23.8 Å². The van der Waals surface area contributed by atoms with Gasteiger partial charge in [-0.05, 0) is 49.8 Å². The zero-order valence-electron chi connectivity index (χ0n) is 12.0. The summed E-state index contributed by atoms with van der Waals surface area (Å²) in [5.74, 6) is 1.19. The number of benzene rings is 1. The SMILES string of the molecule is Cc1ccc2c(c1)C(NC1CCCc3occc31)CC2. The predicted octanol–water partition coefficient (Wildman–Crippen LogP) is 4.24. The fourth-order valence-corrected chi connectivity index (χ4v) is 3.80. The van der Waals surface area contributed by atoms with Gasteiger partial charge in [0.25, 0.3) is 0 Å². The molecule has 2 heteroatoms. The lowest BCUT2D eigenvalue weighted by Gasteiger charge is -2.27. The summed E-state index contributed by atoms with van der Waals surface area (Å²) in [6.45, 7) is 2.18. The van der Waals surface area contributed by atoms with Crippen LogP contribution in [0, 0.1) is 6.92 Å². The molecule has 0 fully saturated rings. The zero-order valence-corrected chi connectivity index (χ0v) is 12.0. The average Bonchev–Trinajstić information content (AvgIpc) is 3.06. The molecule has 0 bridgehead atoms. The van der Waals surface area contributed by atoms with Crippen LogP contribution in [0.4, 0.5) is 0 Å². The molecule has 1 heterocycles. The van der Waals surface area contributed by atoms with Crippen LogP contribution in [-0.2, 0) is 12.8 Å². The first kappa shape index (κ1) is 12.2. The quantitative estimate of drug-likeness (QED) is 0.880. The number of hydrogen-bond acceptors (Lipinski definition) is 2. The molecule has 2 aliphatic rings. The molecule has 104 valence electrons. The molecule has 2 aromatic rings. The van der Waals surface area contributed by atoms with Crippen LogP contribution >= 0.6 is 0 Å². The van der Waals surface area contributed by atoms with E-state index >= 15 is 0 Å². The summed E-state index contributed by atoms with van der Waals surface area (Å²) in [7, 11) is 0. The van der Waals surface area contributed by atoms with E-state index in [1.807, 2.05) is 6.26 Å². The van der Waals surface area contributed by atoms with Crippen LogP contribution in [0.5, 0.6) is 0 Å². The highest BCUT2D eigenvalue weighted by molar-refractivity contribution is 5.38.